The average Bonchev–Trinajstić information content (AvgIpc) is 2.68. The maximum atomic E-state index is 12.9. The molecule has 0 unspecified atom stereocenters. The Labute approximate surface area is 157 Å². The van der Waals surface area contributed by atoms with E-state index in [9.17, 15) is 18.0 Å². The Morgan fingerprint density at radius 2 is 1.93 bits per heavy atom. The third-order valence-corrected chi connectivity index (χ3v) is 5.39. The van der Waals surface area contributed by atoms with Gasteiger partial charge in [0.05, 0.1) is 5.56 Å². The number of nitrogens with zero attached hydrogens (tertiary/aromatic N) is 3. The Morgan fingerprint density at radius 1 is 1.19 bits per heavy atom. The molecule has 1 amide bonds. The van der Waals surface area contributed by atoms with E-state index in [0.29, 0.717) is 31.4 Å². The monoisotopic (exact) mass is 385 g/mol. The van der Waals surface area contributed by atoms with E-state index >= 15 is 0 Å². The Morgan fingerprint density at radius 3 is 2.59 bits per heavy atom. The van der Waals surface area contributed by atoms with Crippen LogP contribution in [0.2, 0.25) is 0 Å². The molecule has 1 atom stereocenters. The van der Waals surface area contributed by atoms with E-state index < -0.39 is 11.7 Å². The van der Waals surface area contributed by atoms with Crippen molar-refractivity contribution in [2.75, 3.05) is 57.9 Å². The smallest absolute Gasteiger partial charge is 0.375 e. The summed E-state index contributed by atoms with van der Waals surface area (Å²) in [6.07, 6.45) is -2.31. The Kier molecular flexibility index (Phi) is 6.26. The van der Waals surface area contributed by atoms with Gasteiger partial charge in [0.2, 0.25) is 5.91 Å². The average molecular weight is 385 g/mol. The summed E-state index contributed by atoms with van der Waals surface area (Å²) in [6.45, 7) is 4.51. The number of likely N-dealkylation sites (tertiary alicyclic amines) is 1. The fourth-order valence-corrected chi connectivity index (χ4v) is 3.92. The van der Waals surface area contributed by atoms with Crippen molar-refractivity contribution < 1.29 is 22.7 Å². The second kappa shape index (κ2) is 8.48. The van der Waals surface area contributed by atoms with Crippen molar-refractivity contribution in [3.8, 4) is 0 Å². The van der Waals surface area contributed by atoms with Crippen molar-refractivity contribution in [2.24, 2.45) is 0 Å². The lowest BCUT2D eigenvalue weighted by Crippen LogP contribution is -2.56. The van der Waals surface area contributed by atoms with Crippen LogP contribution in [0.15, 0.2) is 24.3 Å². The van der Waals surface area contributed by atoms with E-state index in [-0.39, 0.29) is 12.5 Å². The third-order valence-electron chi connectivity index (χ3n) is 5.39. The maximum Gasteiger partial charge on any atom is 0.416 e. The van der Waals surface area contributed by atoms with E-state index in [1.807, 2.05) is 9.80 Å². The molecule has 2 aliphatic heterocycles. The van der Waals surface area contributed by atoms with Crippen LogP contribution in [0.1, 0.15) is 18.4 Å². The Balaban J connectivity index is 1.57. The minimum Gasteiger partial charge on any atom is -0.375 e. The van der Waals surface area contributed by atoms with Crippen LogP contribution < -0.4 is 4.90 Å². The number of rotatable bonds is 4. The first-order valence-corrected chi connectivity index (χ1v) is 9.31. The zero-order chi connectivity index (χ0) is 19.4. The van der Waals surface area contributed by atoms with Gasteiger partial charge in [-0.05, 0) is 31.0 Å². The largest absolute Gasteiger partial charge is 0.416 e. The van der Waals surface area contributed by atoms with Crippen LogP contribution in [0.4, 0.5) is 18.9 Å². The minimum atomic E-state index is -4.32. The number of benzene rings is 1. The SMILES string of the molecule is COCC(=O)N1CCC[C@@H](N2CCN(c3cccc(C(F)(F)F)c3)CC2)C1. The molecule has 150 valence electrons. The van der Waals surface area contributed by atoms with Gasteiger partial charge < -0.3 is 14.5 Å². The standard InChI is InChI=1S/C19H26F3N3O2/c1-27-14-18(26)25-7-3-6-17(13-25)24-10-8-23(9-11-24)16-5-2-4-15(12-16)19(20,21)22/h2,4-5,12,17H,3,6-11,13-14H2,1H3/t17-/m1/s1. The zero-order valence-electron chi connectivity index (χ0n) is 15.5. The lowest BCUT2D eigenvalue weighted by Gasteiger charge is -2.44. The van der Waals surface area contributed by atoms with Gasteiger partial charge in [0.25, 0.3) is 0 Å². The van der Waals surface area contributed by atoms with Crippen molar-refractivity contribution in [2.45, 2.75) is 25.1 Å². The van der Waals surface area contributed by atoms with E-state index in [2.05, 4.69) is 4.90 Å². The first kappa shape index (κ1) is 19.9. The van der Waals surface area contributed by atoms with Crippen molar-refractivity contribution >= 4 is 11.6 Å². The summed E-state index contributed by atoms with van der Waals surface area (Å²) in [7, 11) is 1.52. The van der Waals surface area contributed by atoms with Gasteiger partial charge in [0, 0.05) is 58.1 Å². The second-order valence-corrected chi connectivity index (χ2v) is 7.14. The lowest BCUT2D eigenvalue weighted by atomic mass is 10.0. The molecule has 0 N–H and O–H groups in total. The summed E-state index contributed by atoms with van der Waals surface area (Å²) in [4.78, 5) is 18.3. The number of hydrogen-bond acceptors (Lipinski definition) is 4. The molecule has 5 nitrogen and oxygen atoms in total. The van der Waals surface area contributed by atoms with Crippen LogP contribution in [0.3, 0.4) is 0 Å². The molecule has 2 saturated heterocycles. The summed E-state index contributed by atoms with van der Waals surface area (Å²) >= 11 is 0. The van der Waals surface area contributed by atoms with Crippen LogP contribution >= 0.6 is 0 Å². The number of halogens is 3. The van der Waals surface area contributed by atoms with E-state index in [0.717, 1.165) is 38.5 Å². The highest BCUT2D eigenvalue weighted by atomic mass is 19.4. The molecule has 0 radical (unpaired) electrons. The molecular weight excluding hydrogens is 359 g/mol. The Hall–Kier alpha value is -1.80. The molecule has 27 heavy (non-hydrogen) atoms. The summed E-state index contributed by atoms with van der Waals surface area (Å²) < 4.78 is 43.7. The number of piperazine rings is 1. The van der Waals surface area contributed by atoms with E-state index in [4.69, 9.17) is 4.74 Å². The molecule has 0 spiro atoms. The molecule has 3 rings (SSSR count). The normalized spacial score (nSPS) is 22.1. The first-order chi connectivity index (χ1) is 12.9. The predicted octanol–water partition coefficient (Wildman–Crippen LogP) is 2.46. The molecule has 0 bridgehead atoms. The molecule has 8 heteroatoms. The molecular formula is C19H26F3N3O2. The topological polar surface area (TPSA) is 36.0 Å². The highest BCUT2D eigenvalue weighted by molar-refractivity contribution is 5.77. The number of carbonyl (C=O) groups is 1. The quantitative estimate of drug-likeness (QED) is 0.798. The molecule has 2 heterocycles. The van der Waals surface area contributed by atoms with Crippen molar-refractivity contribution in [1.29, 1.82) is 0 Å². The fourth-order valence-electron chi connectivity index (χ4n) is 3.92. The highest BCUT2D eigenvalue weighted by Crippen LogP contribution is 2.32. The van der Waals surface area contributed by atoms with Crippen molar-refractivity contribution in [3.05, 3.63) is 29.8 Å². The number of anilines is 1. The molecule has 0 aliphatic carbocycles. The highest BCUT2D eigenvalue weighted by Gasteiger charge is 2.32. The number of methoxy groups -OCH3 is 1. The van der Waals surface area contributed by atoms with Crippen LogP contribution in [0.25, 0.3) is 0 Å². The van der Waals surface area contributed by atoms with Crippen molar-refractivity contribution in [1.82, 2.24) is 9.80 Å². The molecule has 1 aromatic rings. The maximum absolute atomic E-state index is 12.9. The van der Waals surface area contributed by atoms with Gasteiger partial charge >= 0.3 is 6.18 Å². The van der Waals surface area contributed by atoms with Crippen LogP contribution in [-0.4, -0.2) is 74.7 Å². The molecule has 0 aromatic heterocycles. The Bertz CT molecular complexity index is 645. The van der Waals surface area contributed by atoms with Crippen LogP contribution in [-0.2, 0) is 15.7 Å². The van der Waals surface area contributed by atoms with Gasteiger partial charge in [-0.2, -0.15) is 13.2 Å². The second-order valence-electron chi connectivity index (χ2n) is 7.14. The first-order valence-electron chi connectivity index (χ1n) is 9.31. The summed E-state index contributed by atoms with van der Waals surface area (Å²) in [6, 6.07) is 5.83. The van der Waals surface area contributed by atoms with Gasteiger partial charge in [0.15, 0.2) is 0 Å². The molecule has 1 aromatic carbocycles. The zero-order valence-corrected chi connectivity index (χ0v) is 15.5. The predicted molar refractivity (Wildman–Crippen MR) is 96.7 cm³/mol. The van der Waals surface area contributed by atoms with Gasteiger partial charge in [-0.25, -0.2) is 0 Å². The summed E-state index contributed by atoms with van der Waals surface area (Å²) in [5, 5.41) is 0. The summed E-state index contributed by atoms with van der Waals surface area (Å²) in [5.41, 5.74) is 0.00651. The van der Waals surface area contributed by atoms with Crippen LogP contribution in [0, 0.1) is 0 Å². The fraction of sp³-hybridized carbons (Fsp3) is 0.632. The number of amides is 1. The van der Waals surface area contributed by atoms with Crippen molar-refractivity contribution in [3.63, 3.8) is 0 Å². The number of carbonyl (C=O) groups excluding carboxylic acids is 1. The molecule has 2 aliphatic rings. The lowest BCUT2D eigenvalue weighted by molar-refractivity contribution is -0.138. The van der Waals surface area contributed by atoms with Gasteiger partial charge in [-0.15, -0.1) is 0 Å². The van der Waals surface area contributed by atoms with E-state index in [1.54, 1.807) is 6.07 Å². The summed E-state index contributed by atoms with van der Waals surface area (Å²) in [5.74, 6) is 0.0183. The molecule has 0 saturated carbocycles. The molecule has 2 fully saturated rings. The number of alkyl halides is 3. The van der Waals surface area contributed by atoms with E-state index in [1.165, 1.54) is 19.2 Å². The third kappa shape index (κ3) is 4.93. The number of ether oxygens (including phenoxy) is 1. The van der Waals surface area contributed by atoms with Crippen LogP contribution in [0.5, 0.6) is 0 Å². The number of hydrogen-bond donors (Lipinski definition) is 0. The number of piperidine rings is 1. The van der Waals surface area contributed by atoms with Gasteiger partial charge in [-0.3, -0.25) is 9.69 Å². The minimum absolute atomic E-state index is 0.0183. The van der Waals surface area contributed by atoms with Gasteiger partial charge in [0.1, 0.15) is 6.61 Å². The van der Waals surface area contributed by atoms with Gasteiger partial charge in [-0.1, -0.05) is 6.07 Å².